The van der Waals surface area contributed by atoms with E-state index in [9.17, 15) is 17.9 Å². The number of aliphatic hydroxyl groups is 1. The Morgan fingerprint density at radius 1 is 0.946 bits per heavy atom. The fourth-order valence-corrected chi connectivity index (χ4v) is 10.7. The molecule has 2 aromatic carbocycles. The van der Waals surface area contributed by atoms with E-state index in [4.69, 9.17) is 0 Å². The van der Waals surface area contributed by atoms with Crippen LogP contribution in [0.1, 0.15) is 51.4 Å². The van der Waals surface area contributed by atoms with Crippen LogP contribution in [0.15, 0.2) is 47.4 Å². The summed E-state index contributed by atoms with van der Waals surface area (Å²) >= 11 is 0. The van der Waals surface area contributed by atoms with Gasteiger partial charge in [0, 0.05) is 24.2 Å². The second kappa shape index (κ2) is 8.78. The Bertz CT molecular complexity index is 1270. The number of benzene rings is 2. The van der Waals surface area contributed by atoms with Gasteiger partial charge in [-0.15, -0.1) is 0 Å². The zero-order valence-electron chi connectivity index (χ0n) is 21.4. The first-order valence-electron chi connectivity index (χ1n) is 14.1. The van der Waals surface area contributed by atoms with Gasteiger partial charge in [0.15, 0.2) is 0 Å². The molecule has 0 aromatic heterocycles. The predicted molar refractivity (Wildman–Crippen MR) is 142 cm³/mol. The molecule has 5 fully saturated rings. The molecule has 4 bridgehead atoms. The van der Waals surface area contributed by atoms with Crippen LogP contribution in [-0.2, 0) is 10.0 Å². The minimum absolute atomic E-state index is 0.134. The number of hydrogen-bond acceptors (Lipinski definition) is 4. The van der Waals surface area contributed by atoms with Crippen LogP contribution < -0.4 is 4.31 Å². The third-order valence-corrected chi connectivity index (χ3v) is 12.2. The van der Waals surface area contributed by atoms with E-state index >= 15 is 0 Å². The highest BCUT2D eigenvalue weighted by atomic mass is 32.2. The number of nitrogens with zero attached hydrogens (tertiary/aromatic N) is 2. The summed E-state index contributed by atoms with van der Waals surface area (Å²) in [5.41, 5.74) is 1.98. The van der Waals surface area contributed by atoms with Crippen molar-refractivity contribution in [3.8, 4) is 11.1 Å². The van der Waals surface area contributed by atoms with Crippen LogP contribution in [0.2, 0.25) is 0 Å². The maximum atomic E-state index is 14.3. The van der Waals surface area contributed by atoms with Gasteiger partial charge >= 0.3 is 0 Å². The fraction of sp³-hybridized carbons (Fsp3) is 0.600. The van der Waals surface area contributed by atoms with Gasteiger partial charge in [-0.2, -0.15) is 0 Å². The molecule has 6 aliphatic rings. The molecule has 1 atom stereocenters. The van der Waals surface area contributed by atoms with E-state index in [-0.39, 0.29) is 17.4 Å². The average molecular weight is 525 g/mol. The Morgan fingerprint density at radius 2 is 1.59 bits per heavy atom. The van der Waals surface area contributed by atoms with E-state index in [1.54, 1.807) is 24.3 Å². The number of halogens is 1. The summed E-state index contributed by atoms with van der Waals surface area (Å²) in [6, 6.07) is 11.5. The Labute approximate surface area is 219 Å². The van der Waals surface area contributed by atoms with Crippen molar-refractivity contribution in [1.29, 1.82) is 0 Å². The SMILES string of the molecule is O=S1(=O)c2ccccc2-c2ccc(F)cc2N1CC1CCN(CC(O)C23CC4CC(CC(C4)C2)C3)CC1. The zero-order valence-corrected chi connectivity index (χ0v) is 22.2. The third-order valence-electron chi connectivity index (χ3n) is 10.3. The summed E-state index contributed by atoms with van der Waals surface area (Å²) in [4.78, 5) is 2.69. The summed E-state index contributed by atoms with van der Waals surface area (Å²) in [5, 5.41) is 11.4. The van der Waals surface area contributed by atoms with Gasteiger partial charge in [0.1, 0.15) is 5.82 Å². The summed E-state index contributed by atoms with van der Waals surface area (Å²) in [6.45, 7) is 2.84. The Morgan fingerprint density at radius 3 is 2.27 bits per heavy atom. The summed E-state index contributed by atoms with van der Waals surface area (Å²) in [6.07, 6.45) is 9.28. The highest BCUT2D eigenvalue weighted by Gasteiger charge is 2.54. The molecular weight excluding hydrogens is 487 g/mol. The molecule has 37 heavy (non-hydrogen) atoms. The van der Waals surface area contributed by atoms with Crippen molar-refractivity contribution in [3.63, 3.8) is 0 Å². The van der Waals surface area contributed by atoms with Crippen molar-refractivity contribution in [2.45, 2.75) is 62.4 Å². The molecule has 2 aromatic rings. The first-order chi connectivity index (χ1) is 17.8. The lowest BCUT2D eigenvalue weighted by molar-refractivity contribution is -0.127. The maximum absolute atomic E-state index is 14.3. The molecule has 4 saturated carbocycles. The molecule has 4 aliphatic carbocycles. The third kappa shape index (κ3) is 4.04. The largest absolute Gasteiger partial charge is 0.391 e. The van der Waals surface area contributed by atoms with Gasteiger partial charge < -0.3 is 10.0 Å². The van der Waals surface area contributed by atoms with Crippen molar-refractivity contribution in [2.75, 3.05) is 30.5 Å². The molecule has 0 radical (unpaired) electrons. The van der Waals surface area contributed by atoms with Gasteiger partial charge in [-0.05, 0) is 118 Å². The van der Waals surface area contributed by atoms with E-state index in [1.807, 2.05) is 6.07 Å². The molecule has 1 saturated heterocycles. The Kier molecular flexibility index (Phi) is 5.72. The quantitative estimate of drug-likeness (QED) is 0.577. The summed E-state index contributed by atoms with van der Waals surface area (Å²) < 4.78 is 43.0. The highest BCUT2D eigenvalue weighted by molar-refractivity contribution is 7.93. The lowest BCUT2D eigenvalue weighted by Crippen LogP contribution is -2.55. The summed E-state index contributed by atoms with van der Waals surface area (Å²) in [7, 11) is -3.76. The number of fused-ring (bicyclic) bond motifs is 3. The van der Waals surface area contributed by atoms with Crippen molar-refractivity contribution in [2.24, 2.45) is 29.1 Å². The van der Waals surface area contributed by atoms with Crippen LogP contribution in [0, 0.1) is 34.9 Å². The number of hydrogen-bond donors (Lipinski definition) is 1. The second-order valence-corrected chi connectivity index (χ2v) is 14.6. The smallest absolute Gasteiger partial charge is 0.264 e. The van der Waals surface area contributed by atoms with Crippen LogP contribution in [0.25, 0.3) is 11.1 Å². The second-order valence-electron chi connectivity index (χ2n) is 12.7. The molecule has 7 heteroatoms. The van der Waals surface area contributed by atoms with Crippen LogP contribution in [0.5, 0.6) is 0 Å². The van der Waals surface area contributed by atoms with Gasteiger partial charge in [-0.1, -0.05) is 18.2 Å². The highest BCUT2D eigenvalue weighted by Crippen LogP contribution is 2.61. The number of β-amino-alcohol motifs (C(OH)–C–C–N with tert-alkyl or cyclic N) is 1. The molecule has 8 rings (SSSR count). The lowest BCUT2D eigenvalue weighted by atomic mass is 9.48. The van der Waals surface area contributed by atoms with Crippen molar-refractivity contribution < 1.29 is 17.9 Å². The number of rotatable bonds is 5. The average Bonchev–Trinajstić information content (AvgIpc) is 2.87. The monoisotopic (exact) mass is 524 g/mol. The molecule has 198 valence electrons. The van der Waals surface area contributed by atoms with E-state index < -0.39 is 15.8 Å². The molecule has 1 N–H and O–H groups in total. The van der Waals surface area contributed by atoms with Gasteiger partial charge in [0.25, 0.3) is 10.0 Å². The molecule has 0 spiro atoms. The topological polar surface area (TPSA) is 60.9 Å². The van der Waals surface area contributed by atoms with Crippen molar-refractivity contribution in [1.82, 2.24) is 4.90 Å². The van der Waals surface area contributed by atoms with Crippen molar-refractivity contribution in [3.05, 3.63) is 48.3 Å². The first kappa shape index (κ1) is 24.1. The van der Waals surface area contributed by atoms with E-state index in [2.05, 4.69) is 4.90 Å². The Hall–Kier alpha value is -1.96. The number of likely N-dealkylation sites (tertiary alicyclic amines) is 1. The van der Waals surface area contributed by atoms with Gasteiger partial charge in [0.2, 0.25) is 0 Å². The molecule has 0 amide bonds. The number of sulfonamides is 1. The van der Waals surface area contributed by atoms with Crippen LogP contribution >= 0.6 is 0 Å². The minimum atomic E-state index is -3.76. The minimum Gasteiger partial charge on any atom is -0.391 e. The fourth-order valence-electron chi connectivity index (χ4n) is 8.91. The predicted octanol–water partition coefficient (Wildman–Crippen LogP) is 5.29. The number of anilines is 1. The lowest BCUT2D eigenvalue weighted by Gasteiger charge is -2.59. The molecule has 5 nitrogen and oxygen atoms in total. The van der Waals surface area contributed by atoms with Crippen LogP contribution in [0.3, 0.4) is 0 Å². The van der Waals surface area contributed by atoms with E-state index in [0.717, 1.165) is 55.8 Å². The molecule has 2 heterocycles. The number of aliphatic hydroxyl groups excluding tert-OH is 1. The van der Waals surface area contributed by atoms with Gasteiger partial charge in [-0.25, -0.2) is 12.8 Å². The van der Waals surface area contributed by atoms with E-state index in [1.165, 1.54) is 55.0 Å². The van der Waals surface area contributed by atoms with E-state index in [0.29, 0.717) is 22.7 Å². The molecule has 1 unspecified atom stereocenters. The molecule has 2 aliphatic heterocycles. The normalized spacial score (nSPS) is 33.2. The van der Waals surface area contributed by atoms with Crippen molar-refractivity contribution >= 4 is 15.7 Å². The first-order valence-corrected chi connectivity index (χ1v) is 15.6. The Balaban J connectivity index is 1.04. The van der Waals surface area contributed by atoms with Gasteiger partial charge in [-0.3, -0.25) is 4.31 Å². The van der Waals surface area contributed by atoms with Crippen LogP contribution in [0.4, 0.5) is 10.1 Å². The van der Waals surface area contributed by atoms with Gasteiger partial charge in [0.05, 0.1) is 16.7 Å². The molecular formula is C30H37FN2O3S. The number of piperidine rings is 1. The maximum Gasteiger partial charge on any atom is 0.264 e. The zero-order chi connectivity index (χ0) is 25.4. The van der Waals surface area contributed by atoms with Crippen LogP contribution in [-0.4, -0.2) is 50.7 Å². The summed E-state index contributed by atoms with van der Waals surface area (Å²) in [5.74, 6) is 2.26. The standard InChI is InChI=1S/C30H37FN2O3S/c31-24-5-6-25-26-3-1-2-4-28(26)37(35,36)33(27(25)14-24)18-20-7-9-32(10-8-20)19-29(34)30-15-21-11-22(16-30)13-23(12-21)17-30/h1-6,14,20-23,29,34H,7-13,15-19H2.